The van der Waals surface area contributed by atoms with E-state index >= 15 is 0 Å². The summed E-state index contributed by atoms with van der Waals surface area (Å²) in [7, 11) is 1.45. The van der Waals surface area contributed by atoms with E-state index in [0.29, 0.717) is 25.7 Å². The number of hydrogen-bond donors (Lipinski definition) is 4. The van der Waals surface area contributed by atoms with Crippen molar-refractivity contribution in [3.8, 4) is 0 Å². The van der Waals surface area contributed by atoms with E-state index in [9.17, 15) is 25.2 Å². The van der Waals surface area contributed by atoms with Crippen molar-refractivity contribution in [3.05, 3.63) is 36.5 Å². The van der Waals surface area contributed by atoms with Gasteiger partial charge in [0, 0.05) is 32.4 Å². The van der Waals surface area contributed by atoms with Gasteiger partial charge in [0.15, 0.2) is 6.29 Å². The molecule has 4 heterocycles. The van der Waals surface area contributed by atoms with E-state index in [4.69, 9.17) is 28.4 Å². The fourth-order valence-electron chi connectivity index (χ4n) is 6.64. The molecule has 4 rings (SSSR count). The van der Waals surface area contributed by atoms with Crippen molar-refractivity contribution >= 4 is 5.97 Å². The van der Waals surface area contributed by atoms with Gasteiger partial charge in [-0.2, -0.15) is 0 Å². The van der Waals surface area contributed by atoms with Crippen LogP contribution in [0, 0.1) is 11.8 Å². The van der Waals surface area contributed by atoms with Gasteiger partial charge in [-0.15, -0.1) is 0 Å². The average molecular weight is 625 g/mol. The molecule has 11 nitrogen and oxygen atoms in total. The Hall–Kier alpha value is -1.67. The zero-order valence-corrected chi connectivity index (χ0v) is 26.4. The number of carbonyl (C=O) groups is 1. The van der Waals surface area contributed by atoms with Crippen LogP contribution in [-0.4, -0.2) is 114 Å². The largest absolute Gasteiger partial charge is 0.457 e. The highest BCUT2D eigenvalue weighted by atomic mass is 16.7. The Labute approximate surface area is 260 Å². The van der Waals surface area contributed by atoms with Gasteiger partial charge in [0.1, 0.15) is 24.4 Å². The van der Waals surface area contributed by atoms with Crippen molar-refractivity contribution in [2.45, 2.75) is 139 Å². The Balaban J connectivity index is 1.47. The first-order chi connectivity index (χ1) is 21.1. The summed E-state index contributed by atoms with van der Waals surface area (Å²) in [5.41, 5.74) is 0. The van der Waals surface area contributed by atoms with E-state index in [0.717, 1.165) is 12.8 Å². The molecule has 4 bridgehead atoms. The van der Waals surface area contributed by atoms with Crippen molar-refractivity contribution in [1.82, 2.24) is 0 Å². The Kier molecular flexibility index (Phi) is 13.4. The van der Waals surface area contributed by atoms with Crippen molar-refractivity contribution < 1.29 is 53.6 Å². The number of carbonyl (C=O) groups excluding carboxylic acids is 1. The number of cyclic esters (lactones) is 1. The SMILES string of the molecule is CO[C@H]1[C@H](O[C@@H]2C[C@@H]3C/C=C\C(=O)O[C@@H](CO)C[C@@H](O)C4C[C@@H](C)[C@@H](C/C=C\C=C/[C@H](C)C[C@H](C2)O3)O4)O[C@@H](C)[C@H](O)[C@H]1O. The molecule has 4 aliphatic heterocycles. The van der Waals surface area contributed by atoms with Crippen LogP contribution in [0.1, 0.15) is 65.7 Å². The lowest BCUT2D eigenvalue weighted by Crippen LogP contribution is -2.59. The normalized spacial score (nSPS) is 46.8. The highest BCUT2D eigenvalue weighted by Crippen LogP contribution is 2.33. The quantitative estimate of drug-likeness (QED) is 0.341. The smallest absolute Gasteiger partial charge is 0.330 e. The van der Waals surface area contributed by atoms with Crippen LogP contribution in [0.2, 0.25) is 0 Å². The second-order valence-corrected chi connectivity index (χ2v) is 12.9. The van der Waals surface area contributed by atoms with Gasteiger partial charge >= 0.3 is 5.97 Å². The molecule has 0 amide bonds. The molecule has 4 aliphatic rings. The van der Waals surface area contributed by atoms with E-state index in [1.54, 1.807) is 13.0 Å². The second-order valence-electron chi connectivity index (χ2n) is 12.9. The van der Waals surface area contributed by atoms with Crippen LogP contribution >= 0.6 is 0 Å². The summed E-state index contributed by atoms with van der Waals surface area (Å²) in [6.45, 7) is 5.52. The molecule has 3 fully saturated rings. The summed E-state index contributed by atoms with van der Waals surface area (Å²) in [4.78, 5) is 12.6. The van der Waals surface area contributed by atoms with Gasteiger partial charge in [-0.05, 0) is 44.4 Å². The number of aliphatic hydroxyl groups excluding tert-OH is 4. The molecule has 14 atom stereocenters. The molecule has 0 aliphatic carbocycles. The van der Waals surface area contributed by atoms with Crippen LogP contribution < -0.4 is 0 Å². The number of rotatable bonds is 4. The maximum atomic E-state index is 12.6. The van der Waals surface area contributed by atoms with Gasteiger partial charge in [-0.1, -0.05) is 44.2 Å². The highest BCUT2D eigenvalue weighted by Gasteiger charge is 2.45. The standard InChI is InChI=1S/C33H52O11/c1-19-9-6-5-7-11-27-20(2)14-28(44-27)26(35)17-25(18-34)42-29(36)12-8-10-22-15-24(16-23(13-19)41-22)43-33-32(39-4)31(38)30(37)21(3)40-33/h5-9,12,19-28,30-35,37-38H,10-11,13-18H2,1-4H3/b7-5-,9-6-,12-8-/t19-,20+,21-,22-,23+,24+,25+,26+,27+,28?,30-,31+,32+,33-/m0/s1. The summed E-state index contributed by atoms with van der Waals surface area (Å²) in [5, 5.41) is 41.4. The average Bonchev–Trinajstić information content (AvgIpc) is 3.35. The van der Waals surface area contributed by atoms with Crippen LogP contribution in [0.25, 0.3) is 0 Å². The Morgan fingerprint density at radius 3 is 2.39 bits per heavy atom. The Morgan fingerprint density at radius 1 is 0.864 bits per heavy atom. The fraction of sp³-hybridized carbons (Fsp3) is 0.788. The molecule has 0 saturated carbocycles. The summed E-state index contributed by atoms with van der Waals surface area (Å²) in [5.74, 6) is -0.126. The van der Waals surface area contributed by atoms with Crippen molar-refractivity contribution in [1.29, 1.82) is 0 Å². The van der Waals surface area contributed by atoms with E-state index < -0.39 is 55.5 Å². The highest BCUT2D eigenvalue weighted by molar-refractivity contribution is 5.82. The lowest BCUT2D eigenvalue weighted by Gasteiger charge is -2.43. The summed E-state index contributed by atoms with van der Waals surface area (Å²) >= 11 is 0. The zero-order chi connectivity index (χ0) is 31.8. The van der Waals surface area contributed by atoms with E-state index in [1.165, 1.54) is 13.2 Å². The van der Waals surface area contributed by atoms with E-state index in [-0.39, 0.29) is 48.8 Å². The van der Waals surface area contributed by atoms with E-state index in [1.807, 2.05) is 12.2 Å². The van der Waals surface area contributed by atoms with Gasteiger partial charge in [-0.25, -0.2) is 4.79 Å². The van der Waals surface area contributed by atoms with Gasteiger partial charge in [-0.3, -0.25) is 0 Å². The predicted octanol–water partition coefficient (Wildman–Crippen LogP) is 2.34. The van der Waals surface area contributed by atoms with Crippen molar-refractivity contribution in [3.63, 3.8) is 0 Å². The minimum atomic E-state index is -1.15. The number of hydrogen-bond acceptors (Lipinski definition) is 11. The molecular weight excluding hydrogens is 572 g/mol. The van der Waals surface area contributed by atoms with Crippen LogP contribution in [0.15, 0.2) is 36.5 Å². The van der Waals surface area contributed by atoms with Gasteiger partial charge < -0.3 is 48.8 Å². The number of aliphatic hydroxyl groups is 4. The maximum absolute atomic E-state index is 12.6. The molecule has 250 valence electrons. The van der Waals surface area contributed by atoms with Gasteiger partial charge in [0.05, 0.1) is 49.3 Å². The number of esters is 1. The Bertz CT molecular complexity index is 985. The first-order valence-corrected chi connectivity index (χ1v) is 16.1. The molecule has 1 unspecified atom stereocenters. The van der Waals surface area contributed by atoms with Crippen LogP contribution in [0.5, 0.6) is 0 Å². The third kappa shape index (κ3) is 9.67. The molecular formula is C33H52O11. The third-order valence-corrected chi connectivity index (χ3v) is 9.17. The molecule has 3 saturated heterocycles. The van der Waals surface area contributed by atoms with Crippen LogP contribution in [0.4, 0.5) is 0 Å². The van der Waals surface area contributed by atoms with Crippen molar-refractivity contribution in [2.75, 3.05) is 13.7 Å². The lowest BCUT2D eigenvalue weighted by atomic mass is 9.92. The van der Waals surface area contributed by atoms with Crippen molar-refractivity contribution in [2.24, 2.45) is 11.8 Å². The molecule has 0 aromatic rings. The molecule has 44 heavy (non-hydrogen) atoms. The van der Waals surface area contributed by atoms with E-state index in [2.05, 4.69) is 26.0 Å². The second kappa shape index (κ2) is 16.8. The first-order valence-electron chi connectivity index (χ1n) is 16.1. The number of ether oxygens (including phenoxy) is 6. The molecule has 0 radical (unpaired) electrons. The maximum Gasteiger partial charge on any atom is 0.330 e. The minimum absolute atomic E-state index is 0.0217. The number of methoxy groups -OCH3 is 1. The monoisotopic (exact) mass is 624 g/mol. The molecule has 11 heteroatoms. The van der Waals surface area contributed by atoms with Crippen LogP contribution in [-0.2, 0) is 33.2 Å². The first kappa shape index (κ1) is 35.2. The summed E-state index contributed by atoms with van der Waals surface area (Å²) < 4.78 is 35.7. The molecule has 4 N–H and O–H groups in total. The number of fused-ring (bicyclic) bond motifs is 4. The summed E-state index contributed by atoms with van der Waals surface area (Å²) in [6.07, 6.45) is 7.78. The third-order valence-electron chi connectivity index (χ3n) is 9.17. The fourth-order valence-corrected chi connectivity index (χ4v) is 6.64. The lowest BCUT2D eigenvalue weighted by molar-refractivity contribution is -0.315. The van der Waals surface area contributed by atoms with Gasteiger partial charge in [0.25, 0.3) is 0 Å². The molecule has 0 aromatic heterocycles. The van der Waals surface area contributed by atoms with Gasteiger partial charge in [0.2, 0.25) is 0 Å². The minimum Gasteiger partial charge on any atom is -0.457 e. The van der Waals surface area contributed by atoms with Crippen LogP contribution in [0.3, 0.4) is 0 Å². The molecule has 0 aromatic carbocycles. The number of allylic oxidation sites excluding steroid dienone is 3. The molecule has 0 spiro atoms. The zero-order valence-electron chi connectivity index (χ0n) is 26.4. The Morgan fingerprint density at radius 2 is 1.64 bits per heavy atom. The topological polar surface area (TPSA) is 153 Å². The predicted molar refractivity (Wildman–Crippen MR) is 160 cm³/mol. The summed E-state index contributed by atoms with van der Waals surface area (Å²) in [6, 6.07) is 0.